The van der Waals surface area contributed by atoms with Crippen LogP contribution in [0.15, 0.2) is 95.9 Å². The molecule has 1 N–H and O–H groups in total. The van der Waals surface area contributed by atoms with Crippen molar-refractivity contribution in [2.24, 2.45) is 0 Å². The molecule has 1 aliphatic heterocycles. The van der Waals surface area contributed by atoms with Crippen LogP contribution in [0.1, 0.15) is 18.0 Å². The minimum absolute atomic E-state index is 0.0160. The van der Waals surface area contributed by atoms with E-state index in [1.54, 1.807) is 30.5 Å². The van der Waals surface area contributed by atoms with E-state index in [4.69, 9.17) is 4.74 Å². The van der Waals surface area contributed by atoms with Crippen molar-refractivity contribution < 1.29 is 14.3 Å². The summed E-state index contributed by atoms with van der Waals surface area (Å²) in [5.41, 5.74) is 3.07. The molecular weight excluding hydrogens is 352 g/mol. The number of ketones is 1. The van der Waals surface area contributed by atoms with Crippen molar-refractivity contribution in [1.82, 2.24) is 10.6 Å². The van der Waals surface area contributed by atoms with Gasteiger partial charge in [-0.25, -0.2) is 0 Å². The number of para-hydroxylation sites is 1. The van der Waals surface area contributed by atoms with Crippen LogP contribution < -0.4 is 15.4 Å². The molecule has 1 amide bonds. The standard InChI is InChI=1S/C23H19N2O3/c26-21(15-28-19-9-5-2-6-10-19)25-18-11-12-20-17(13-18)14-24-22(23(20)27)16-7-3-1-4-8-16/h1-12,14,22H,13,15H2,(H,25,26). The molecule has 1 unspecified atom stereocenters. The molecule has 0 saturated heterocycles. The predicted octanol–water partition coefficient (Wildman–Crippen LogP) is 3.21. The maximum Gasteiger partial charge on any atom is 0.262 e. The fraction of sp³-hybridized carbons (Fsp3) is 0.130. The molecule has 2 aromatic carbocycles. The second kappa shape index (κ2) is 7.96. The summed E-state index contributed by atoms with van der Waals surface area (Å²) >= 11 is 0. The summed E-state index contributed by atoms with van der Waals surface area (Å²) < 4.78 is 5.45. The lowest BCUT2D eigenvalue weighted by Gasteiger charge is -2.26. The van der Waals surface area contributed by atoms with Gasteiger partial charge in [-0.05, 0) is 35.4 Å². The number of rotatable bonds is 5. The van der Waals surface area contributed by atoms with Crippen molar-refractivity contribution >= 4 is 11.7 Å². The topological polar surface area (TPSA) is 69.5 Å². The first-order chi connectivity index (χ1) is 13.7. The van der Waals surface area contributed by atoms with Crippen molar-refractivity contribution in [3.8, 4) is 5.75 Å². The third-order valence-electron chi connectivity index (χ3n) is 4.60. The zero-order valence-corrected chi connectivity index (χ0v) is 15.2. The van der Waals surface area contributed by atoms with Crippen LogP contribution in [0.2, 0.25) is 0 Å². The van der Waals surface area contributed by atoms with Gasteiger partial charge in [0.25, 0.3) is 5.91 Å². The Morgan fingerprint density at radius 1 is 1.04 bits per heavy atom. The van der Waals surface area contributed by atoms with Crippen LogP contribution in [0.25, 0.3) is 0 Å². The third-order valence-corrected chi connectivity index (χ3v) is 4.60. The minimum atomic E-state index is -0.500. The number of benzene rings is 2. The fourth-order valence-corrected chi connectivity index (χ4v) is 3.22. The van der Waals surface area contributed by atoms with E-state index in [2.05, 4.69) is 10.6 Å². The minimum Gasteiger partial charge on any atom is -0.484 e. The van der Waals surface area contributed by atoms with Gasteiger partial charge in [-0.2, -0.15) is 0 Å². The number of carbonyl (C=O) groups excluding carboxylic acids is 2. The van der Waals surface area contributed by atoms with Gasteiger partial charge < -0.3 is 10.1 Å². The van der Waals surface area contributed by atoms with Gasteiger partial charge in [0, 0.05) is 23.9 Å². The number of hydrogen-bond acceptors (Lipinski definition) is 3. The second-order valence-electron chi connectivity index (χ2n) is 6.58. The Kier molecular flexibility index (Phi) is 5.06. The van der Waals surface area contributed by atoms with E-state index in [0.29, 0.717) is 17.7 Å². The van der Waals surface area contributed by atoms with Gasteiger partial charge in [-0.1, -0.05) is 48.5 Å². The van der Waals surface area contributed by atoms with Crippen molar-refractivity contribution in [3.05, 3.63) is 101 Å². The summed E-state index contributed by atoms with van der Waals surface area (Å²) in [6.45, 7) is -0.0731. The van der Waals surface area contributed by atoms with Crippen LogP contribution in [-0.2, 0) is 9.59 Å². The number of Topliss-reactive ketones (excluding diaryl/α,β-unsaturated/α-hetero) is 1. The van der Waals surface area contributed by atoms with Gasteiger partial charge in [-0.3, -0.25) is 14.9 Å². The average Bonchev–Trinajstić information content (AvgIpc) is 2.74. The Morgan fingerprint density at radius 2 is 1.75 bits per heavy atom. The Balaban J connectivity index is 1.40. The van der Waals surface area contributed by atoms with Crippen LogP contribution in [0.3, 0.4) is 0 Å². The van der Waals surface area contributed by atoms with Gasteiger partial charge in [-0.15, -0.1) is 0 Å². The Bertz CT molecular complexity index is 975. The highest BCUT2D eigenvalue weighted by Crippen LogP contribution is 2.32. The summed E-state index contributed by atoms with van der Waals surface area (Å²) in [7, 11) is 0. The van der Waals surface area contributed by atoms with Gasteiger partial charge in [0.2, 0.25) is 0 Å². The molecule has 1 heterocycles. The van der Waals surface area contributed by atoms with Crippen molar-refractivity contribution in [2.45, 2.75) is 12.5 Å². The number of amides is 1. The average molecular weight is 371 g/mol. The first-order valence-corrected chi connectivity index (χ1v) is 9.08. The number of fused-ring (bicyclic) bond motifs is 1. The molecule has 0 aromatic heterocycles. The summed E-state index contributed by atoms with van der Waals surface area (Å²) in [4.78, 5) is 24.9. The number of hydrogen-bond donors (Lipinski definition) is 1. The SMILES string of the molecule is O=C(COc1ccccc1)NC1=CC=C2C(=O)C(c3ccccc3)[N]C=C2C1. The van der Waals surface area contributed by atoms with Gasteiger partial charge >= 0.3 is 0 Å². The molecule has 2 aliphatic rings. The quantitative estimate of drug-likeness (QED) is 0.877. The van der Waals surface area contributed by atoms with Crippen LogP contribution in [0.5, 0.6) is 5.75 Å². The highest BCUT2D eigenvalue weighted by atomic mass is 16.5. The molecule has 4 rings (SSSR count). The lowest BCUT2D eigenvalue weighted by molar-refractivity contribution is -0.122. The molecule has 0 saturated carbocycles. The molecule has 5 nitrogen and oxygen atoms in total. The zero-order valence-electron chi connectivity index (χ0n) is 15.2. The maximum absolute atomic E-state index is 12.8. The van der Waals surface area contributed by atoms with E-state index < -0.39 is 6.04 Å². The lowest BCUT2D eigenvalue weighted by atomic mass is 9.86. The molecule has 0 fully saturated rings. The predicted molar refractivity (Wildman–Crippen MR) is 105 cm³/mol. The van der Waals surface area contributed by atoms with E-state index >= 15 is 0 Å². The molecule has 28 heavy (non-hydrogen) atoms. The number of nitrogens with one attached hydrogen (secondary N) is 1. The molecule has 1 aliphatic carbocycles. The molecule has 5 heteroatoms. The summed E-state index contributed by atoms with van der Waals surface area (Å²) in [6, 6.07) is 18.2. The first-order valence-electron chi connectivity index (χ1n) is 9.08. The lowest BCUT2D eigenvalue weighted by Crippen LogP contribution is -2.32. The van der Waals surface area contributed by atoms with E-state index in [0.717, 1.165) is 16.8 Å². The maximum atomic E-state index is 12.8. The third kappa shape index (κ3) is 3.88. The van der Waals surface area contributed by atoms with E-state index in [9.17, 15) is 9.59 Å². The summed E-state index contributed by atoms with van der Waals surface area (Å²) in [5.74, 6) is 0.385. The highest BCUT2D eigenvalue weighted by Gasteiger charge is 2.31. The first kappa shape index (κ1) is 17.8. The Morgan fingerprint density at radius 3 is 2.50 bits per heavy atom. The van der Waals surface area contributed by atoms with Crippen molar-refractivity contribution in [1.29, 1.82) is 0 Å². The second-order valence-corrected chi connectivity index (χ2v) is 6.58. The fourth-order valence-electron chi connectivity index (χ4n) is 3.22. The molecule has 0 spiro atoms. The zero-order chi connectivity index (χ0) is 19.3. The van der Waals surface area contributed by atoms with E-state index in [-0.39, 0.29) is 18.3 Å². The van der Waals surface area contributed by atoms with Crippen LogP contribution >= 0.6 is 0 Å². The van der Waals surface area contributed by atoms with E-state index in [1.165, 1.54) is 0 Å². The molecule has 0 bridgehead atoms. The van der Waals surface area contributed by atoms with Crippen molar-refractivity contribution in [2.75, 3.05) is 6.61 Å². The van der Waals surface area contributed by atoms with Gasteiger partial charge in [0.15, 0.2) is 12.4 Å². The number of allylic oxidation sites excluding steroid dienone is 3. The number of nitrogens with zero attached hydrogens (tertiary/aromatic N) is 1. The van der Waals surface area contributed by atoms with Crippen LogP contribution in [0, 0.1) is 0 Å². The normalized spacial score (nSPS) is 18.1. The van der Waals surface area contributed by atoms with Gasteiger partial charge in [0.05, 0.1) is 0 Å². The van der Waals surface area contributed by atoms with E-state index in [1.807, 2.05) is 48.5 Å². The summed E-state index contributed by atoms with van der Waals surface area (Å²) in [5, 5.41) is 7.28. The van der Waals surface area contributed by atoms with Gasteiger partial charge in [0.1, 0.15) is 11.8 Å². The molecular formula is C23H19N2O3. The number of carbonyl (C=O) groups is 2. The largest absolute Gasteiger partial charge is 0.484 e. The van der Waals surface area contributed by atoms with Crippen LogP contribution in [-0.4, -0.2) is 18.3 Å². The highest BCUT2D eigenvalue weighted by molar-refractivity contribution is 6.05. The molecule has 1 radical (unpaired) electrons. The monoisotopic (exact) mass is 371 g/mol. The van der Waals surface area contributed by atoms with Crippen molar-refractivity contribution in [3.63, 3.8) is 0 Å². The Hall–Kier alpha value is -3.60. The molecule has 2 aromatic rings. The van der Waals surface area contributed by atoms with Crippen LogP contribution in [0.4, 0.5) is 0 Å². The number of ether oxygens (including phenoxy) is 1. The summed E-state index contributed by atoms with van der Waals surface area (Å²) in [6.07, 6.45) is 5.73. The smallest absolute Gasteiger partial charge is 0.262 e. The Labute approximate surface area is 163 Å². The molecule has 139 valence electrons. The molecule has 1 atom stereocenters.